The lowest BCUT2D eigenvalue weighted by Gasteiger charge is -2.29. The Labute approximate surface area is 110 Å². The van der Waals surface area contributed by atoms with Gasteiger partial charge in [-0.1, -0.05) is 0 Å². The molecule has 2 rings (SSSR count). The minimum Gasteiger partial charge on any atom is -0.489 e. The number of nitrogens with two attached hydrogens (primary N) is 1. The zero-order valence-corrected chi connectivity index (χ0v) is 11.6. The van der Waals surface area contributed by atoms with Crippen LogP contribution < -0.4 is 10.5 Å². The third-order valence-corrected chi connectivity index (χ3v) is 3.81. The molecule has 1 heterocycles. The summed E-state index contributed by atoms with van der Waals surface area (Å²) in [6.07, 6.45) is 2.54. The van der Waals surface area contributed by atoms with Gasteiger partial charge in [0.15, 0.2) is 0 Å². The van der Waals surface area contributed by atoms with Gasteiger partial charge in [-0.25, -0.2) is 0 Å². The number of ether oxygens (including phenoxy) is 1. The second-order valence-corrected chi connectivity index (χ2v) is 5.47. The van der Waals surface area contributed by atoms with Crippen LogP contribution >= 0.6 is 22.6 Å². The van der Waals surface area contributed by atoms with Crippen LogP contribution in [-0.2, 0) is 0 Å². The van der Waals surface area contributed by atoms with Crippen molar-refractivity contribution in [1.29, 1.82) is 0 Å². The molecule has 0 radical (unpaired) electrons. The SMILES string of the molecule is CN1CCC(Oc2cc(N)ccc2I)CC1. The summed E-state index contributed by atoms with van der Waals surface area (Å²) in [6, 6.07) is 5.82. The Balaban J connectivity index is 2.00. The third-order valence-electron chi connectivity index (χ3n) is 2.91. The van der Waals surface area contributed by atoms with E-state index in [1.165, 1.54) is 0 Å². The van der Waals surface area contributed by atoms with Crippen LogP contribution in [0.25, 0.3) is 0 Å². The van der Waals surface area contributed by atoms with Gasteiger partial charge >= 0.3 is 0 Å². The fourth-order valence-corrected chi connectivity index (χ4v) is 2.36. The smallest absolute Gasteiger partial charge is 0.135 e. The molecule has 0 unspecified atom stereocenters. The monoisotopic (exact) mass is 332 g/mol. The van der Waals surface area contributed by atoms with Crippen molar-refractivity contribution in [2.24, 2.45) is 0 Å². The molecule has 2 N–H and O–H groups in total. The molecular weight excluding hydrogens is 315 g/mol. The summed E-state index contributed by atoms with van der Waals surface area (Å²) in [7, 11) is 2.15. The molecule has 1 aliphatic rings. The van der Waals surface area contributed by atoms with Crippen molar-refractivity contribution >= 4 is 28.3 Å². The van der Waals surface area contributed by atoms with Crippen molar-refractivity contribution in [3.8, 4) is 5.75 Å². The largest absolute Gasteiger partial charge is 0.489 e. The number of benzene rings is 1. The summed E-state index contributed by atoms with van der Waals surface area (Å²) in [5.74, 6) is 0.926. The Morgan fingerprint density at radius 2 is 2.06 bits per heavy atom. The minimum absolute atomic E-state index is 0.339. The normalized spacial score (nSPS) is 18.6. The number of hydrogen-bond donors (Lipinski definition) is 1. The van der Waals surface area contributed by atoms with Gasteiger partial charge in [-0.3, -0.25) is 0 Å². The molecule has 0 amide bonds. The Bertz CT molecular complexity index is 362. The lowest BCUT2D eigenvalue weighted by Crippen LogP contribution is -2.35. The lowest BCUT2D eigenvalue weighted by molar-refractivity contribution is 0.113. The zero-order valence-electron chi connectivity index (χ0n) is 9.45. The maximum atomic E-state index is 6.00. The van der Waals surface area contributed by atoms with Crippen LogP contribution in [0.15, 0.2) is 18.2 Å². The third kappa shape index (κ3) is 3.01. The summed E-state index contributed by atoms with van der Waals surface area (Å²) in [5, 5.41) is 0. The standard InChI is InChI=1S/C12H17IN2O/c1-15-6-4-10(5-7-15)16-12-8-9(14)2-3-11(12)13/h2-3,8,10H,4-7,14H2,1H3. The van der Waals surface area contributed by atoms with Crippen LogP contribution in [0.4, 0.5) is 5.69 Å². The quantitative estimate of drug-likeness (QED) is 0.667. The van der Waals surface area contributed by atoms with E-state index in [0.29, 0.717) is 6.10 Å². The highest BCUT2D eigenvalue weighted by atomic mass is 127. The minimum atomic E-state index is 0.339. The van der Waals surface area contributed by atoms with Gasteiger partial charge in [0.1, 0.15) is 11.9 Å². The number of piperidine rings is 1. The van der Waals surface area contributed by atoms with Gasteiger partial charge in [0.25, 0.3) is 0 Å². The molecule has 88 valence electrons. The molecule has 1 aromatic rings. The first-order valence-corrected chi connectivity index (χ1v) is 6.63. The van der Waals surface area contributed by atoms with E-state index in [1.54, 1.807) is 0 Å². The molecule has 0 aromatic heterocycles. The Morgan fingerprint density at radius 3 is 2.75 bits per heavy atom. The number of nitrogen functional groups attached to an aromatic ring is 1. The van der Waals surface area contributed by atoms with Gasteiger partial charge in [0.2, 0.25) is 0 Å². The molecule has 16 heavy (non-hydrogen) atoms. The van der Waals surface area contributed by atoms with E-state index in [0.717, 1.165) is 40.9 Å². The molecule has 0 saturated carbocycles. The number of hydrogen-bond acceptors (Lipinski definition) is 3. The molecule has 1 aliphatic heterocycles. The average Bonchev–Trinajstić information content (AvgIpc) is 2.27. The molecule has 0 bridgehead atoms. The van der Waals surface area contributed by atoms with E-state index in [1.807, 2.05) is 18.2 Å². The van der Waals surface area contributed by atoms with E-state index in [4.69, 9.17) is 10.5 Å². The first kappa shape index (κ1) is 12.0. The van der Waals surface area contributed by atoms with Gasteiger partial charge in [0.05, 0.1) is 3.57 Å². The van der Waals surface area contributed by atoms with E-state index < -0.39 is 0 Å². The molecule has 0 atom stereocenters. The number of halogens is 1. The molecule has 1 saturated heterocycles. The predicted octanol–water partition coefficient (Wildman–Crippen LogP) is 2.35. The Morgan fingerprint density at radius 1 is 1.38 bits per heavy atom. The van der Waals surface area contributed by atoms with Gasteiger partial charge in [-0.05, 0) is 54.6 Å². The molecule has 3 nitrogen and oxygen atoms in total. The van der Waals surface area contributed by atoms with E-state index >= 15 is 0 Å². The van der Waals surface area contributed by atoms with Crippen LogP contribution in [0.3, 0.4) is 0 Å². The average molecular weight is 332 g/mol. The van der Waals surface area contributed by atoms with Gasteiger partial charge in [-0.15, -0.1) is 0 Å². The summed E-state index contributed by atoms with van der Waals surface area (Å²) < 4.78 is 7.13. The van der Waals surface area contributed by atoms with Crippen LogP contribution in [-0.4, -0.2) is 31.1 Å². The zero-order chi connectivity index (χ0) is 11.5. The van der Waals surface area contributed by atoms with Crippen molar-refractivity contribution in [1.82, 2.24) is 4.90 Å². The van der Waals surface area contributed by atoms with Gasteiger partial charge < -0.3 is 15.4 Å². The lowest BCUT2D eigenvalue weighted by atomic mass is 10.1. The van der Waals surface area contributed by atoms with E-state index in [9.17, 15) is 0 Å². The van der Waals surface area contributed by atoms with Crippen LogP contribution in [0.1, 0.15) is 12.8 Å². The van der Waals surface area contributed by atoms with Crippen molar-refractivity contribution in [3.05, 3.63) is 21.8 Å². The topological polar surface area (TPSA) is 38.5 Å². The van der Waals surface area contributed by atoms with Crippen LogP contribution in [0, 0.1) is 3.57 Å². The highest BCUT2D eigenvalue weighted by Crippen LogP contribution is 2.26. The second kappa shape index (κ2) is 5.23. The Hall–Kier alpha value is -0.490. The van der Waals surface area contributed by atoms with Gasteiger partial charge in [-0.2, -0.15) is 0 Å². The molecule has 0 spiro atoms. The maximum absolute atomic E-state index is 6.00. The summed E-state index contributed by atoms with van der Waals surface area (Å²) in [5.41, 5.74) is 6.53. The maximum Gasteiger partial charge on any atom is 0.135 e. The number of likely N-dealkylation sites (tertiary alicyclic amines) is 1. The molecular formula is C12H17IN2O. The fraction of sp³-hybridized carbons (Fsp3) is 0.500. The van der Waals surface area contributed by atoms with E-state index in [-0.39, 0.29) is 0 Å². The fourth-order valence-electron chi connectivity index (χ4n) is 1.89. The first-order valence-electron chi connectivity index (χ1n) is 5.55. The van der Waals surface area contributed by atoms with Crippen molar-refractivity contribution < 1.29 is 4.74 Å². The van der Waals surface area contributed by atoms with E-state index in [2.05, 4.69) is 34.5 Å². The summed E-state index contributed by atoms with van der Waals surface area (Å²) in [6.45, 7) is 2.23. The molecule has 0 aliphatic carbocycles. The number of rotatable bonds is 2. The number of nitrogens with zero attached hydrogens (tertiary/aromatic N) is 1. The summed E-state index contributed by atoms with van der Waals surface area (Å²) >= 11 is 2.29. The van der Waals surface area contributed by atoms with Crippen molar-refractivity contribution in [3.63, 3.8) is 0 Å². The molecule has 4 heteroatoms. The predicted molar refractivity (Wildman–Crippen MR) is 74.7 cm³/mol. The molecule has 1 aromatic carbocycles. The summed E-state index contributed by atoms with van der Waals surface area (Å²) in [4.78, 5) is 2.34. The second-order valence-electron chi connectivity index (χ2n) is 4.31. The molecule has 1 fully saturated rings. The van der Waals surface area contributed by atoms with Gasteiger partial charge in [0, 0.05) is 24.8 Å². The highest BCUT2D eigenvalue weighted by Gasteiger charge is 2.18. The van der Waals surface area contributed by atoms with Crippen molar-refractivity contribution in [2.75, 3.05) is 25.9 Å². The Kier molecular flexibility index (Phi) is 3.91. The van der Waals surface area contributed by atoms with Crippen LogP contribution in [0.5, 0.6) is 5.75 Å². The number of anilines is 1. The van der Waals surface area contributed by atoms with Crippen LogP contribution in [0.2, 0.25) is 0 Å². The van der Waals surface area contributed by atoms with Crippen molar-refractivity contribution in [2.45, 2.75) is 18.9 Å². The highest BCUT2D eigenvalue weighted by molar-refractivity contribution is 14.1. The first-order chi connectivity index (χ1) is 7.65.